The van der Waals surface area contributed by atoms with Gasteiger partial charge in [-0.15, -0.1) is 0 Å². The highest BCUT2D eigenvalue weighted by molar-refractivity contribution is 6.31. The van der Waals surface area contributed by atoms with E-state index >= 15 is 4.39 Å². The number of amides is 5. The number of benzene rings is 2. The monoisotopic (exact) mass is 823 g/mol. The number of carbonyl (C=O) groups is 5. The second-order valence-electron chi connectivity index (χ2n) is 16.8. The van der Waals surface area contributed by atoms with Gasteiger partial charge in [-0.05, 0) is 75.1 Å². The molecule has 5 fully saturated rings. The zero-order valence-electron chi connectivity index (χ0n) is 32.3. The summed E-state index contributed by atoms with van der Waals surface area (Å²) in [4.78, 5) is 79.8. The Morgan fingerprint density at radius 3 is 2.32 bits per heavy atom. The number of fused-ring (bicyclic) bond motifs is 1. The number of anilines is 2. The summed E-state index contributed by atoms with van der Waals surface area (Å²) >= 11 is 6.14. The fraction of sp³-hybridized carbons (Fsp3) is 0.476. The number of ether oxygens (including phenoxy) is 1. The molecule has 3 aromatic rings. The zero-order valence-corrected chi connectivity index (χ0v) is 33.0. The topological polar surface area (TPSA) is 181 Å². The fourth-order valence-corrected chi connectivity index (χ4v) is 9.85. The van der Waals surface area contributed by atoms with E-state index in [0.29, 0.717) is 35.3 Å². The molecular formula is C42H43ClFN9O6. The second-order valence-corrected chi connectivity index (χ2v) is 17.2. The first kappa shape index (κ1) is 38.8. The van der Waals surface area contributed by atoms with Crippen LogP contribution in [0.25, 0.3) is 0 Å². The molecule has 9 rings (SSSR count). The lowest BCUT2D eigenvalue weighted by Gasteiger charge is -2.61. The van der Waals surface area contributed by atoms with Gasteiger partial charge in [-0.2, -0.15) is 5.26 Å². The molecule has 0 bridgehead atoms. The van der Waals surface area contributed by atoms with Crippen LogP contribution in [0.2, 0.25) is 5.02 Å². The predicted molar refractivity (Wildman–Crippen MR) is 211 cm³/mol. The summed E-state index contributed by atoms with van der Waals surface area (Å²) < 4.78 is 21.5. The van der Waals surface area contributed by atoms with Gasteiger partial charge in [0.1, 0.15) is 35.2 Å². The van der Waals surface area contributed by atoms with Gasteiger partial charge in [0, 0.05) is 69.8 Å². The smallest absolute Gasteiger partial charge is 0.271 e. The highest BCUT2D eigenvalue weighted by atomic mass is 35.5. The molecule has 5 amide bonds. The SMILES string of the molecule is N#Cc1ccc(OC2CCC(NC(=O)c3cnc(N4CC5(CN(CC6CCN(c7cc8c(cc7F)C(=O)N(C7CCC(=O)NC7=O)C8=O)CC6)C5)C4)cn3)CC2)cc1Cl. The van der Waals surface area contributed by atoms with Crippen molar-refractivity contribution in [2.75, 3.05) is 55.6 Å². The van der Waals surface area contributed by atoms with Gasteiger partial charge in [0.15, 0.2) is 0 Å². The van der Waals surface area contributed by atoms with Gasteiger partial charge < -0.3 is 24.8 Å². The number of imide groups is 2. The third kappa shape index (κ3) is 7.57. The van der Waals surface area contributed by atoms with Crippen LogP contribution in [0.15, 0.2) is 42.7 Å². The summed E-state index contributed by atoms with van der Waals surface area (Å²) in [5.74, 6) is -1.49. The van der Waals surface area contributed by atoms with Crippen LogP contribution < -0.4 is 25.2 Å². The first-order valence-corrected chi connectivity index (χ1v) is 20.6. The summed E-state index contributed by atoms with van der Waals surface area (Å²) in [5, 5.41) is 14.7. The van der Waals surface area contributed by atoms with Gasteiger partial charge in [-0.1, -0.05) is 11.6 Å². The molecular weight excluding hydrogens is 781 g/mol. The number of nitrogens with one attached hydrogen (secondary N) is 2. The van der Waals surface area contributed by atoms with Gasteiger partial charge >= 0.3 is 0 Å². The predicted octanol–water partition coefficient (Wildman–Crippen LogP) is 3.70. The van der Waals surface area contributed by atoms with E-state index < -0.39 is 35.5 Å². The average molecular weight is 824 g/mol. The van der Waals surface area contributed by atoms with Crippen LogP contribution in [0.5, 0.6) is 5.75 Å². The number of nitriles is 1. The molecule has 59 heavy (non-hydrogen) atoms. The van der Waals surface area contributed by atoms with E-state index in [1.54, 1.807) is 30.6 Å². The highest BCUT2D eigenvalue weighted by Gasteiger charge is 2.52. The Balaban J connectivity index is 0.694. The lowest BCUT2D eigenvalue weighted by Crippen LogP contribution is -2.72. The van der Waals surface area contributed by atoms with Gasteiger partial charge in [-0.3, -0.25) is 34.2 Å². The van der Waals surface area contributed by atoms with Crippen LogP contribution in [0.3, 0.4) is 0 Å². The number of piperidine rings is 2. The Morgan fingerprint density at radius 2 is 1.66 bits per heavy atom. The van der Waals surface area contributed by atoms with Gasteiger partial charge in [0.2, 0.25) is 11.8 Å². The number of rotatable bonds is 9. The molecule has 1 unspecified atom stereocenters. The number of likely N-dealkylation sites (tertiary alicyclic amines) is 1. The van der Waals surface area contributed by atoms with E-state index in [9.17, 15) is 24.0 Å². The summed E-state index contributed by atoms with van der Waals surface area (Å²) in [5.41, 5.74) is 1.21. The number of halogens is 2. The van der Waals surface area contributed by atoms with E-state index in [1.165, 1.54) is 6.07 Å². The molecule has 2 aromatic carbocycles. The summed E-state index contributed by atoms with van der Waals surface area (Å²) in [6.07, 6.45) is 8.12. The molecule has 4 saturated heterocycles. The van der Waals surface area contributed by atoms with Crippen molar-refractivity contribution in [2.24, 2.45) is 11.3 Å². The largest absolute Gasteiger partial charge is 0.490 e. The quantitative estimate of drug-likeness (QED) is 0.299. The van der Waals surface area contributed by atoms with E-state index in [2.05, 4.69) is 30.4 Å². The van der Waals surface area contributed by atoms with Crippen molar-refractivity contribution in [3.8, 4) is 11.8 Å². The molecule has 17 heteroatoms. The Hall–Kier alpha value is -5.66. The highest BCUT2D eigenvalue weighted by Crippen LogP contribution is 2.42. The first-order valence-electron chi connectivity index (χ1n) is 20.2. The van der Waals surface area contributed by atoms with Crippen molar-refractivity contribution in [3.63, 3.8) is 0 Å². The Kier molecular flexibility index (Phi) is 10.2. The minimum Gasteiger partial charge on any atom is -0.490 e. The van der Waals surface area contributed by atoms with Crippen LogP contribution >= 0.6 is 11.6 Å². The lowest BCUT2D eigenvalue weighted by molar-refractivity contribution is -0.136. The number of carbonyl (C=O) groups excluding carboxylic acids is 5. The third-order valence-corrected chi connectivity index (χ3v) is 13.0. The summed E-state index contributed by atoms with van der Waals surface area (Å²) in [7, 11) is 0. The lowest BCUT2D eigenvalue weighted by atomic mass is 9.72. The maximum Gasteiger partial charge on any atom is 0.271 e. The number of hydrogen-bond donors (Lipinski definition) is 2. The number of hydrogen-bond acceptors (Lipinski definition) is 12. The maximum absolute atomic E-state index is 15.4. The maximum atomic E-state index is 15.4. The summed E-state index contributed by atoms with van der Waals surface area (Å²) in [6, 6.07) is 8.57. The molecule has 6 heterocycles. The summed E-state index contributed by atoms with van der Waals surface area (Å²) in [6.45, 7) is 5.93. The van der Waals surface area contributed by atoms with Crippen LogP contribution in [-0.4, -0.2) is 113 Å². The molecule has 5 aliphatic heterocycles. The van der Waals surface area contributed by atoms with Crippen LogP contribution in [-0.2, 0) is 9.59 Å². The van der Waals surface area contributed by atoms with E-state index in [4.69, 9.17) is 21.6 Å². The average Bonchev–Trinajstić information content (AvgIpc) is 3.43. The third-order valence-electron chi connectivity index (χ3n) is 12.7. The second kappa shape index (κ2) is 15.5. The van der Waals surface area contributed by atoms with Gasteiger partial charge in [0.25, 0.3) is 17.7 Å². The standard InChI is InChI=1S/C42H43ClFN9O6/c43-31-13-28(4-1-25(31)16-45)59-27-5-2-26(3-6-27)48-38(55)33-17-47-36(18-46-33)52-22-42(23-52)20-50(21-42)19-24-9-11-51(12-10-24)35-15-30-29(14-32(35)44)40(57)53(41(30)58)34-7-8-37(54)49-39(34)56/h1,4,13-15,17-18,24,26-27,34H,2-3,5-12,19-23H2,(H,48,55)(H,49,54,56). The molecule has 1 aromatic heterocycles. The molecule has 2 N–H and O–H groups in total. The molecule has 1 saturated carbocycles. The Bertz CT molecular complexity index is 2260. The Labute approximate surface area is 344 Å². The van der Waals surface area contributed by atoms with Crippen molar-refractivity contribution in [1.82, 2.24) is 30.4 Å². The fourth-order valence-electron chi connectivity index (χ4n) is 9.64. The molecule has 306 valence electrons. The van der Waals surface area contributed by atoms with Crippen molar-refractivity contribution in [3.05, 3.63) is 75.9 Å². The van der Waals surface area contributed by atoms with Crippen LogP contribution in [0.1, 0.15) is 88.1 Å². The van der Waals surface area contributed by atoms with Crippen molar-refractivity contribution in [1.29, 1.82) is 5.26 Å². The van der Waals surface area contributed by atoms with Gasteiger partial charge in [0.05, 0.1) is 45.9 Å². The zero-order chi connectivity index (χ0) is 41.0. The van der Waals surface area contributed by atoms with Crippen LogP contribution in [0.4, 0.5) is 15.9 Å². The minimum absolute atomic E-state index is 0.0107. The minimum atomic E-state index is -1.10. The normalized spacial score (nSPS) is 24.3. The molecule has 1 atom stereocenters. The molecule has 6 aliphatic rings. The first-order chi connectivity index (χ1) is 28.5. The van der Waals surface area contributed by atoms with Crippen molar-refractivity contribution < 1.29 is 33.1 Å². The van der Waals surface area contributed by atoms with Crippen molar-refractivity contribution in [2.45, 2.75) is 69.6 Å². The van der Waals surface area contributed by atoms with E-state index in [-0.39, 0.29) is 58.8 Å². The van der Waals surface area contributed by atoms with Crippen LogP contribution in [0, 0.1) is 28.5 Å². The molecule has 1 aliphatic carbocycles. The molecule has 0 radical (unpaired) electrons. The molecule has 1 spiro atoms. The Morgan fingerprint density at radius 1 is 0.932 bits per heavy atom. The number of aromatic nitrogens is 2. The van der Waals surface area contributed by atoms with Gasteiger partial charge in [-0.25, -0.2) is 14.4 Å². The van der Waals surface area contributed by atoms with E-state index in [1.807, 2.05) is 11.0 Å². The van der Waals surface area contributed by atoms with Crippen molar-refractivity contribution >= 4 is 52.6 Å². The van der Waals surface area contributed by atoms with E-state index in [0.717, 1.165) is 88.0 Å². The molecule has 15 nitrogen and oxygen atoms in total. The number of nitrogens with zero attached hydrogens (tertiary/aromatic N) is 7.